The van der Waals surface area contributed by atoms with Crippen molar-refractivity contribution in [3.8, 4) is 5.75 Å². The molecule has 1 aromatic rings. The Labute approximate surface area is 166 Å². The maximum Gasteiger partial charge on any atom is 0.251 e. The molecule has 0 bridgehead atoms. The second-order valence-corrected chi connectivity index (χ2v) is 8.38. The van der Waals surface area contributed by atoms with Gasteiger partial charge in [-0.3, -0.25) is 9.59 Å². The van der Waals surface area contributed by atoms with Gasteiger partial charge in [0.15, 0.2) is 0 Å². The molecule has 156 valence electrons. The zero-order valence-corrected chi connectivity index (χ0v) is 17.3. The largest absolute Gasteiger partial charge is 0.497 e. The summed E-state index contributed by atoms with van der Waals surface area (Å²) < 4.78 is 18.5. The van der Waals surface area contributed by atoms with E-state index in [1.165, 1.54) is 25.3 Å². The number of carbonyl (C=O) groups excluding carboxylic acids is 2. The van der Waals surface area contributed by atoms with Gasteiger partial charge in [-0.15, -0.1) is 0 Å². The Morgan fingerprint density at radius 1 is 1.18 bits per heavy atom. The Morgan fingerprint density at radius 3 is 2.46 bits per heavy atom. The molecular weight excluding hydrogens is 361 g/mol. The molecule has 28 heavy (non-hydrogen) atoms. The van der Waals surface area contributed by atoms with E-state index in [9.17, 15) is 14.0 Å². The van der Waals surface area contributed by atoms with Crippen LogP contribution in [0.4, 0.5) is 4.39 Å². The first-order chi connectivity index (χ1) is 13.2. The highest BCUT2D eigenvalue weighted by Gasteiger charge is 2.22. The second-order valence-electron chi connectivity index (χ2n) is 8.38. The number of rotatable bonds is 7. The van der Waals surface area contributed by atoms with Crippen LogP contribution in [0.2, 0.25) is 0 Å². The number of methoxy groups -OCH3 is 1. The number of nitrogens with one attached hydrogen (secondary N) is 2. The van der Waals surface area contributed by atoms with Crippen molar-refractivity contribution in [1.29, 1.82) is 0 Å². The molecule has 1 aromatic carbocycles. The molecule has 0 atom stereocenters. The van der Waals surface area contributed by atoms with Crippen LogP contribution in [-0.2, 0) is 4.79 Å². The Bertz CT molecular complexity index is 680. The van der Waals surface area contributed by atoms with Gasteiger partial charge in [-0.05, 0) is 44.0 Å². The van der Waals surface area contributed by atoms with Crippen LogP contribution >= 0.6 is 0 Å². The summed E-state index contributed by atoms with van der Waals surface area (Å²) in [5, 5.41) is 5.87. The predicted octanol–water partition coefficient (Wildman–Crippen LogP) is 2.44. The number of hydrogen-bond donors (Lipinski definition) is 2. The number of halogens is 1. The summed E-state index contributed by atoms with van der Waals surface area (Å²) in [4.78, 5) is 26.5. The quantitative estimate of drug-likeness (QED) is 0.747. The Morgan fingerprint density at radius 2 is 1.86 bits per heavy atom. The number of piperidine rings is 1. The van der Waals surface area contributed by atoms with E-state index in [0.29, 0.717) is 24.8 Å². The maximum absolute atomic E-state index is 13.5. The van der Waals surface area contributed by atoms with Gasteiger partial charge in [0.25, 0.3) is 5.91 Å². The van der Waals surface area contributed by atoms with E-state index < -0.39 is 5.82 Å². The Kier molecular flexibility index (Phi) is 7.80. The topological polar surface area (TPSA) is 70.7 Å². The van der Waals surface area contributed by atoms with Crippen LogP contribution in [0.15, 0.2) is 18.2 Å². The standard InChI is InChI=1S/C21H32FN3O3/c1-21(2,3)20(27)23-7-10-25-8-5-15(6-9-25)14-24-19(26)16-11-17(22)13-18(12-16)28-4/h11-13,15H,5-10,14H2,1-4H3,(H,23,27)(H,24,26). The number of likely N-dealkylation sites (tertiary alicyclic amines) is 1. The molecule has 6 nitrogen and oxygen atoms in total. The summed E-state index contributed by atoms with van der Waals surface area (Å²) in [6, 6.07) is 4.00. The first-order valence-electron chi connectivity index (χ1n) is 9.82. The van der Waals surface area contributed by atoms with Gasteiger partial charge in [-0.2, -0.15) is 0 Å². The van der Waals surface area contributed by atoms with E-state index in [2.05, 4.69) is 15.5 Å². The van der Waals surface area contributed by atoms with Crippen molar-refractivity contribution in [3.63, 3.8) is 0 Å². The minimum atomic E-state index is -0.489. The van der Waals surface area contributed by atoms with Gasteiger partial charge in [-0.1, -0.05) is 20.8 Å². The van der Waals surface area contributed by atoms with Crippen molar-refractivity contribution < 1.29 is 18.7 Å². The molecular formula is C21H32FN3O3. The SMILES string of the molecule is COc1cc(F)cc(C(=O)NCC2CCN(CCNC(=O)C(C)(C)C)CC2)c1. The average Bonchev–Trinajstić information content (AvgIpc) is 2.65. The average molecular weight is 394 g/mol. The van der Waals surface area contributed by atoms with E-state index in [1.807, 2.05) is 20.8 Å². The fourth-order valence-electron chi connectivity index (χ4n) is 3.16. The summed E-state index contributed by atoms with van der Waals surface area (Å²) in [5.74, 6) is 0.0254. The van der Waals surface area contributed by atoms with Crippen LogP contribution in [-0.4, -0.2) is 56.5 Å². The van der Waals surface area contributed by atoms with Crippen LogP contribution in [0.1, 0.15) is 44.0 Å². The van der Waals surface area contributed by atoms with Crippen molar-refractivity contribution in [2.45, 2.75) is 33.6 Å². The lowest BCUT2D eigenvalue weighted by Crippen LogP contribution is -2.43. The smallest absolute Gasteiger partial charge is 0.251 e. The Hall–Kier alpha value is -2.15. The van der Waals surface area contributed by atoms with Gasteiger partial charge in [0, 0.05) is 36.7 Å². The van der Waals surface area contributed by atoms with Gasteiger partial charge in [-0.25, -0.2) is 4.39 Å². The molecule has 1 aliphatic heterocycles. The lowest BCUT2D eigenvalue weighted by Gasteiger charge is -2.32. The highest BCUT2D eigenvalue weighted by atomic mass is 19.1. The van der Waals surface area contributed by atoms with Crippen LogP contribution in [0.5, 0.6) is 5.75 Å². The minimum Gasteiger partial charge on any atom is -0.497 e. The van der Waals surface area contributed by atoms with Crippen molar-refractivity contribution in [2.75, 3.05) is 39.8 Å². The number of amides is 2. The van der Waals surface area contributed by atoms with Crippen molar-refractivity contribution in [2.24, 2.45) is 11.3 Å². The molecule has 0 unspecified atom stereocenters. The monoisotopic (exact) mass is 393 g/mol. The molecule has 0 radical (unpaired) electrons. The van der Waals surface area contributed by atoms with Crippen LogP contribution in [0, 0.1) is 17.2 Å². The second kappa shape index (κ2) is 9.87. The zero-order chi connectivity index (χ0) is 20.7. The normalized spacial score (nSPS) is 15.9. The van der Waals surface area contributed by atoms with Gasteiger partial charge >= 0.3 is 0 Å². The molecule has 1 aliphatic rings. The van der Waals surface area contributed by atoms with Crippen LogP contribution < -0.4 is 15.4 Å². The van der Waals surface area contributed by atoms with Gasteiger partial charge in [0.2, 0.25) is 5.91 Å². The molecule has 0 aromatic heterocycles. The molecule has 2 amide bonds. The first-order valence-corrected chi connectivity index (χ1v) is 9.82. The maximum atomic E-state index is 13.5. The summed E-state index contributed by atoms with van der Waals surface area (Å²) >= 11 is 0. The molecule has 0 aliphatic carbocycles. The highest BCUT2D eigenvalue weighted by Crippen LogP contribution is 2.18. The molecule has 0 saturated carbocycles. The summed E-state index contributed by atoms with van der Waals surface area (Å²) in [6.45, 7) is 9.67. The number of ether oxygens (including phenoxy) is 1. The number of carbonyl (C=O) groups is 2. The van der Waals surface area contributed by atoms with Crippen LogP contribution in [0.3, 0.4) is 0 Å². The van der Waals surface area contributed by atoms with Crippen molar-refractivity contribution in [3.05, 3.63) is 29.6 Å². The van der Waals surface area contributed by atoms with Gasteiger partial charge in [0.1, 0.15) is 11.6 Å². The van der Waals surface area contributed by atoms with E-state index >= 15 is 0 Å². The molecule has 1 heterocycles. The fourth-order valence-corrected chi connectivity index (χ4v) is 3.16. The summed E-state index contributed by atoms with van der Waals surface area (Å²) in [6.07, 6.45) is 1.97. The fraction of sp³-hybridized carbons (Fsp3) is 0.619. The molecule has 1 saturated heterocycles. The molecule has 2 N–H and O–H groups in total. The third-order valence-electron chi connectivity index (χ3n) is 5.02. The molecule has 1 fully saturated rings. The van der Waals surface area contributed by atoms with E-state index in [-0.39, 0.29) is 22.8 Å². The third kappa shape index (κ3) is 6.78. The minimum absolute atomic E-state index is 0.0686. The molecule has 7 heteroatoms. The highest BCUT2D eigenvalue weighted by molar-refractivity contribution is 5.94. The number of nitrogens with zero attached hydrogens (tertiary/aromatic N) is 1. The summed E-state index contributed by atoms with van der Waals surface area (Å²) in [7, 11) is 1.44. The van der Waals surface area contributed by atoms with E-state index in [4.69, 9.17) is 4.74 Å². The van der Waals surface area contributed by atoms with Crippen molar-refractivity contribution >= 4 is 11.8 Å². The zero-order valence-electron chi connectivity index (χ0n) is 17.3. The number of benzene rings is 1. The van der Waals surface area contributed by atoms with E-state index in [1.54, 1.807) is 0 Å². The third-order valence-corrected chi connectivity index (χ3v) is 5.02. The van der Waals surface area contributed by atoms with Crippen LogP contribution in [0.25, 0.3) is 0 Å². The predicted molar refractivity (Wildman–Crippen MR) is 107 cm³/mol. The van der Waals surface area contributed by atoms with Crippen molar-refractivity contribution in [1.82, 2.24) is 15.5 Å². The lowest BCUT2D eigenvalue weighted by atomic mass is 9.95. The lowest BCUT2D eigenvalue weighted by molar-refractivity contribution is -0.128. The molecule has 0 spiro atoms. The molecule has 2 rings (SSSR count). The Balaban J connectivity index is 1.69. The van der Waals surface area contributed by atoms with Gasteiger partial charge < -0.3 is 20.3 Å². The first kappa shape index (κ1) is 22.1. The summed E-state index contributed by atoms with van der Waals surface area (Å²) in [5.41, 5.74) is -0.0967. The number of hydrogen-bond acceptors (Lipinski definition) is 4. The van der Waals surface area contributed by atoms with E-state index in [0.717, 1.165) is 32.5 Å². The van der Waals surface area contributed by atoms with Gasteiger partial charge in [0.05, 0.1) is 7.11 Å².